The van der Waals surface area contributed by atoms with Gasteiger partial charge in [0.05, 0.1) is 5.56 Å². The molecule has 1 aliphatic carbocycles. The highest BCUT2D eigenvalue weighted by atomic mass is 19.4. The standard InChI is InChI=1S/C16H16F3NO4/c17-16(18,19)11-6-4-9(5-7-11)14(22)20-13(15(23)24)10-2-1-3-12(21)8-10/h4-7,10,13H,1-3,8H2,(H,20,22)(H,23,24)/t10-,13+/m1/s1. The van der Waals surface area contributed by atoms with E-state index in [9.17, 15) is 32.7 Å². The molecule has 1 aromatic rings. The molecule has 0 heterocycles. The fourth-order valence-corrected chi connectivity index (χ4v) is 2.76. The minimum Gasteiger partial charge on any atom is -0.480 e. The van der Waals surface area contributed by atoms with Crippen LogP contribution in [0.4, 0.5) is 13.2 Å². The third kappa shape index (κ3) is 4.33. The molecule has 0 saturated heterocycles. The number of aliphatic carboxylic acids is 1. The van der Waals surface area contributed by atoms with Gasteiger partial charge in [-0.2, -0.15) is 13.2 Å². The van der Waals surface area contributed by atoms with E-state index in [1.54, 1.807) is 0 Å². The van der Waals surface area contributed by atoms with Gasteiger partial charge in [-0.1, -0.05) is 0 Å². The molecule has 24 heavy (non-hydrogen) atoms. The normalized spacial score (nSPS) is 19.6. The second-order valence-electron chi connectivity index (χ2n) is 5.76. The Morgan fingerprint density at radius 3 is 2.33 bits per heavy atom. The summed E-state index contributed by atoms with van der Waals surface area (Å²) < 4.78 is 37.5. The highest BCUT2D eigenvalue weighted by Gasteiger charge is 2.34. The summed E-state index contributed by atoms with van der Waals surface area (Å²) >= 11 is 0. The molecule has 1 aromatic carbocycles. The van der Waals surface area contributed by atoms with Crippen LogP contribution in [0.1, 0.15) is 41.6 Å². The lowest BCUT2D eigenvalue weighted by molar-refractivity contribution is -0.141. The number of Topliss-reactive ketones (excluding diaryl/α,β-unsaturated/α-hetero) is 1. The van der Waals surface area contributed by atoms with Gasteiger partial charge in [-0.05, 0) is 43.0 Å². The molecule has 0 unspecified atom stereocenters. The van der Waals surface area contributed by atoms with Gasteiger partial charge in [0.2, 0.25) is 0 Å². The number of carboxylic acids is 1. The van der Waals surface area contributed by atoms with Gasteiger partial charge in [0, 0.05) is 18.4 Å². The van der Waals surface area contributed by atoms with E-state index in [1.807, 2.05) is 0 Å². The highest BCUT2D eigenvalue weighted by Crippen LogP contribution is 2.29. The average Bonchev–Trinajstić information content (AvgIpc) is 2.51. The van der Waals surface area contributed by atoms with E-state index in [1.165, 1.54) is 0 Å². The maximum Gasteiger partial charge on any atom is 0.416 e. The zero-order chi connectivity index (χ0) is 17.9. The first-order valence-corrected chi connectivity index (χ1v) is 7.41. The molecular weight excluding hydrogens is 327 g/mol. The van der Waals surface area contributed by atoms with Crippen LogP contribution < -0.4 is 5.32 Å². The van der Waals surface area contributed by atoms with Gasteiger partial charge in [-0.15, -0.1) is 0 Å². The number of hydrogen-bond acceptors (Lipinski definition) is 3. The van der Waals surface area contributed by atoms with Crippen molar-refractivity contribution in [1.29, 1.82) is 0 Å². The number of halogens is 3. The Kier molecular flexibility index (Phi) is 5.26. The second-order valence-corrected chi connectivity index (χ2v) is 5.76. The molecule has 2 rings (SSSR count). The van der Waals surface area contributed by atoms with E-state index in [2.05, 4.69) is 5.32 Å². The van der Waals surface area contributed by atoms with Crippen molar-refractivity contribution in [2.45, 2.75) is 37.9 Å². The van der Waals surface area contributed by atoms with Crippen LogP contribution in [-0.2, 0) is 15.8 Å². The summed E-state index contributed by atoms with van der Waals surface area (Å²) in [4.78, 5) is 35.0. The monoisotopic (exact) mass is 343 g/mol. The number of nitrogens with one attached hydrogen (secondary N) is 1. The van der Waals surface area contributed by atoms with Crippen molar-refractivity contribution in [3.05, 3.63) is 35.4 Å². The topological polar surface area (TPSA) is 83.5 Å². The maximum absolute atomic E-state index is 12.5. The zero-order valence-corrected chi connectivity index (χ0v) is 12.6. The molecule has 130 valence electrons. The number of amides is 1. The summed E-state index contributed by atoms with van der Waals surface area (Å²) in [7, 11) is 0. The number of carbonyl (C=O) groups excluding carboxylic acids is 2. The van der Waals surface area contributed by atoms with E-state index in [-0.39, 0.29) is 17.8 Å². The Morgan fingerprint density at radius 1 is 1.21 bits per heavy atom. The predicted octanol–water partition coefficient (Wildman–Crippen LogP) is 2.65. The van der Waals surface area contributed by atoms with Crippen molar-refractivity contribution in [2.75, 3.05) is 0 Å². The van der Waals surface area contributed by atoms with Gasteiger partial charge in [-0.25, -0.2) is 4.79 Å². The average molecular weight is 343 g/mol. The molecule has 0 spiro atoms. The maximum atomic E-state index is 12.5. The van der Waals surface area contributed by atoms with Gasteiger partial charge in [0.1, 0.15) is 11.8 Å². The lowest BCUT2D eigenvalue weighted by Gasteiger charge is -2.27. The van der Waals surface area contributed by atoms with Crippen molar-refractivity contribution >= 4 is 17.7 Å². The summed E-state index contributed by atoms with van der Waals surface area (Å²) in [5.74, 6) is -2.62. The quantitative estimate of drug-likeness (QED) is 0.880. The molecule has 1 aliphatic rings. The largest absolute Gasteiger partial charge is 0.480 e. The van der Waals surface area contributed by atoms with Crippen molar-refractivity contribution in [3.8, 4) is 0 Å². The number of ketones is 1. The van der Waals surface area contributed by atoms with Crippen LogP contribution in [0.3, 0.4) is 0 Å². The Balaban J connectivity index is 2.10. The number of alkyl halides is 3. The number of hydrogen-bond donors (Lipinski definition) is 2. The lowest BCUT2D eigenvalue weighted by Crippen LogP contribution is -2.47. The first-order valence-electron chi connectivity index (χ1n) is 7.41. The van der Waals surface area contributed by atoms with Crippen LogP contribution in [0.2, 0.25) is 0 Å². The van der Waals surface area contributed by atoms with Crippen molar-refractivity contribution < 1.29 is 32.7 Å². The van der Waals surface area contributed by atoms with Crippen LogP contribution in [-0.4, -0.2) is 28.8 Å². The van der Waals surface area contributed by atoms with Crippen molar-refractivity contribution in [1.82, 2.24) is 5.32 Å². The number of rotatable bonds is 4. The molecule has 0 aromatic heterocycles. The fourth-order valence-electron chi connectivity index (χ4n) is 2.76. The number of benzene rings is 1. The van der Waals surface area contributed by atoms with Crippen LogP contribution in [0, 0.1) is 5.92 Å². The molecule has 2 N–H and O–H groups in total. The van der Waals surface area contributed by atoms with Gasteiger partial charge in [-0.3, -0.25) is 9.59 Å². The SMILES string of the molecule is O=C1CCC[C@@H]([C@H](NC(=O)c2ccc(C(F)(F)F)cc2)C(=O)O)C1. The van der Waals surface area contributed by atoms with E-state index in [4.69, 9.17) is 0 Å². The summed E-state index contributed by atoms with van der Waals surface area (Å²) in [5, 5.41) is 11.6. The van der Waals surface area contributed by atoms with Crippen LogP contribution in [0.5, 0.6) is 0 Å². The number of carbonyl (C=O) groups is 3. The Hall–Kier alpha value is -2.38. The highest BCUT2D eigenvalue weighted by molar-refractivity contribution is 5.96. The minimum atomic E-state index is -4.51. The summed E-state index contributed by atoms with van der Waals surface area (Å²) in [6.07, 6.45) is -2.99. The van der Waals surface area contributed by atoms with E-state index < -0.39 is 35.6 Å². The zero-order valence-electron chi connectivity index (χ0n) is 12.6. The molecule has 0 bridgehead atoms. The predicted molar refractivity (Wildman–Crippen MR) is 77.3 cm³/mol. The molecule has 8 heteroatoms. The minimum absolute atomic E-state index is 0.0544. The third-order valence-corrected chi connectivity index (χ3v) is 4.02. The summed E-state index contributed by atoms with van der Waals surface area (Å²) in [6, 6.07) is 2.25. The molecule has 1 fully saturated rings. The summed E-state index contributed by atoms with van der Waals surface area (Å²) in [6.45, 7) is 0. The Labute approximate surface area is 135 Å². The Bertz CT molecular complexity index is 640. The molecule has 2 atom stereocenters. The molecular formula is C16H16F3NO4. The van der Waals surface area contributed by atoms with E-state index >= 15 is 0 Å². The van der Waals surface area contributed by atoms with Crippen LogP contribution in [0.25, 0.3) is 0 Å². The lowest BCUT2D eigenvalue weighted by atomic mass is 9.83. The number of carboxylic acid groups (broad SMARTS) is 1. The molecule has 0 radical (unpaired) electrons. The van der Waals surface area contributed by atoms with Gasteiger partial charge >= 0.3 is 12.1 Å². The molecule has 1 amide bonds. The van der Waals surface area contributed by atoms with Crippen molar-refractivity contribution in [2.24, 2.45) is 5.92 Å². The van der Waals surface area contributed by atoms with E-state index in [0.717, 1.165) is 24.3 Å². The Morgan fingerprint density at radius 2 is 1.83 bits per heavy atom. The fraction of sp³-hybridized carbons (Fsp3) is 0.438. The summed E-state index contributed by atoms with van der Waals surface area (Å²) in [5.41, 5.74) is -0.969. The first kappa shape index (κ1) is 18.0. The van der Waals surface area contributed by atoms with Gasteiger partial charge < -0.3 is 10.4 Å². The molecule has 5 nitrogen and oxygen atoms in total. The molecule has 0 aliphatic heterocycles. The first-order chi connectivity index (χ1) is 11.2. The smallest absolute Gasteiger partial charge is 0.416 e. The van der Waals surface area contributed by atoms with E-state index in [0.29, 0.717) is 19.3 Å². The molecule has 1 saturated carbocycles. The van der Waals surface area contributed by atoms with Gasteiger partial charge in [0.15, 0.2) is 0 Å². The van der Waals surface area contributed by atoms with Gasteiger partial charge in [0.25, 0.3) is 5.91 Å². The van der Waals surface area contributed by atoms with Crippen molar-refractivity contribution in [3.63, 3.8) is 0 Å². The van der Waals surface area contributed by atoms with Crippen LogP contribution in [0.15, 0.2) is 24.3 Å². The third-order valence-electron chi connectivity index (χ3n) is 4.02. The van der Waals surface area contributed by atoms with Crippen LogP contribution >= 0.6 is 0 Å². The second kappa shape index (κ2) is 7.02.